The summed E-state index contributed by atoms with van der Waals surface area (Å²) >= 11 is 0. The number of likely N-dealkylation sites (tertiary alicyclic amines) is 1. The molecule has 0 spiro atoms. The van der Waals surface area contributed by atoms with E-state index in [-0.39, 0.29) is 5.91 Å². The maximum atomic E-state index is 12.1. The SMILES string of the molecule is CN(C)CC(=O)N1CCC[C@@H](c2ccncc2)C1. The predicted molar refractivity (Wildman–Crippen MR) is 71.3 cm³/mol. The molecule has 1 aliphatic rings. The molecule has 1 aliphatic heterocycles. The van der Waals surface area contributed by atoms with E-state index >= 15 is 0 Å². The van der Waals surface area contributed by atoms with Crippen LogP contribution in [0.4, 0.5) is 0 Å². The molecule has 98 valence electrons. The van der Waals surface area contributed by atoms with Crippen LogP contribution in [-0.2, 0) is 4.79 Å². The number of amides is 1. The Morgan fingerprint density at radius 1 is 1.44 bits per heavy atom. The summed E-state index contributed by atoms with van der Waals surface area (Å²) in [6, 6.07) is 4.12. The third-order valence-electron chi connectivity index (χ3n) is 3.40. The Hall–Kier alpha value is -1.42. The lowest BCUT2D eigenvalue weighted by molar-refractivity contribution is -0.133. The zero-order chi connectivity index (χ0) is 13.0. The number of nitrogens with zero attached hydrogens (tertiary/aromatic N) is 3. The van der Waals surface area contributed by atoms with E-state index in [4.69, 9.17) is 0 Å². The lowest BCUT2D eigenvalue weighted by Gasteiger charge is -2.33. The molecule has 0 radical (unpaired) electrons. The average molecular weight is 247 g/mol. The van der Waals surface area contributed by atoms with Gasteiger partial charge in [-0.2, -0.15) is 0 Å². The van der Waals surface area contributed by atoms with Gasteiger partial charge < -0.3 is 9.80 Å². The van der Waals surface area contributed by atoms with Crippen molar-refractivity contribution in [2.24, 2.45) is 0 Å². The first kappa shape index (κ1) is 13.0. The van der Waals surface area contributed by atoms with Crippen LogP contribution in [0.2, 0.25) is 0 Å². The quantitative estimate of drug-likeness (QED) is 0.809. The predicted octanol–water partition coefficient (Wildman–Crippen LogP) is 1.35. The van der Waals surface area contributed by atoms with Gasteiger partial charge in [0.25, 0.3) is 0 Å². The Labute approximate surface area is 109 Å². The van der Waals surface area contributed by atoms with Crippen molar-refractivity contribution in [2.75, 3.05) is 33.7 Å². The second-order valence-electron chi connectivity index (χ2n) is 5.20. The molecule has 1 atom stereocenters. The molecule has 1 aromatic rings. The number of carbonyl (C=O) groups is 1. The van der Waals surface area contributed by atoms with Crippen LogP contribution in [0.5, 0.6) is 0 Å². The van der Waals surface area contributed by atoms with Gasteiger partial charge in [0.2, 0.25) is 5.91 Å². The van der Waals surface area contributed by atoms with Gasteiger partial charge in [-0.1, -0.05) is 0 Å². The summed E-state index contributed by atoms with van der Waals surface area (Å²) in [5, 5.41) is 0. The fourth-order valence-electron chi connectivity index (χ4n) is 2.48. The molecule has 0 N–H and O–H groups in total. The first-order chi connectivity index (χ1) is 8.66. The van der Waals surface area contributed by atoms with Gasteiger partial charge in [0.1, 0.15) is 0 Å². The number of hydrogen-bond acceptors (Lipinski definition) is 3. The normalized spacial score (nSPS) is 20.2. The minimum atomic E-state index is 0.235. The number of hydrogen-bond donors (Lipinski definition) is 0. The van der Waals surface area contributed by atoms with E-state index in [1.165, 1.54) is 5.56 Å². The minimum absolute atomic E-state index is 0.235. The zero-order valence-corrected chi connectivity index (χ0v) is 11.2. The molecular formula is C14H21N3O. The molecular weight excluding hydrogens is 226 g/mol. The van der Waals surface area contributed by atoms with E-state index in [9.17, 15) is 4.79 Å². The minimum Gasteiger partial charge on any atom is -0.341 e. The largest absolute Gasteiger partial charge is 0.341 e. The number of aromatic nitrogens is 1. The van der Waals surface area contributed by atoms with Crippen molar-refractivity contribution in [1.82, 2.24) is 14.8 Å². The first-order valence-electron chi connectivity index (χ1n) is 6.49. The number of pyridine rings is 1. The summed E-state index contributed by atoms with van der Waals surface area (Å²) in [4.78, 5) is 20.0. The van der Waals surface area contributed by atoms with E-state index in [0.29, 0.717) is 12.5 Å². The van der Waals surface area contributed by atoms with E-state index < -0.39 is 0 Å². The number of likely N-dealkylation sites (N-methyl/N-ethyl adjacent to an activating group) is 1. The smallest absolute Gasteiger partial charge is 0.236 e. The summed E-state index contributed by atoms with van der Waals surface area (Å²) in [5.41, 5.74) is 1.30. The van der Waals surface area contributed by atoms with Crippen molar-refractivity contribution in [3.05, 3.63) is 30.1 Å². The highest BCUT2D eigenvalue weighted by molar-refractivity contribution is 5.78. The Morgan fingerprint density at radius 2 is 2.17 bits per heavy atom. The van der Waals surface area contributed by atoms with Crippen LogP contribution < -0.4 is 0 Å². The van der Waals surface area contributed by atoms with E-state index in [1.54, 1.807) is 0 Å². The standard InChI is InChI=1S/C14H21N3O/c1-16(2)11-14(18)17-9-3-4-13(10-17)12-5-7-15-8-6-12/h5-8,13H,3-4,9-11H2,1-2H3/t13-/m1/s1. The lowest BCUT2D eigenvalue weighted by atomic mass is 9.91. The molecule has 4 heteroatoms. The summed E-state index contributed by atoms with van der Waals surface area (Å²) in [6.07, 6.45) is 5.91. The summed E-state index contributed by atoms with van der Waals surface area (Å²) in [7, 11) is 3.87. The van der Waals surface area contributed by atoms with Crippen LogP contribution in [0, 0.1) is 0 Å². The Kier molecular flexibility index (Phi) is 4.31. The summed E-state index contributed by atoms with van der Waals surface area (Å²) in [5.74, 6) is 0.701. The highest BCUT2D eigenvalue weighted by atomic mass is 16.2. The van der Waals surface area contributed by atoms with Gasteiger partial charge in [0.15, 0.2) is 0 Å². The van der Waals surface area contributed by atoms with Crippen molar-refractivity contribution in [1.29, 1.82) is 0 Å². The van der Waals surface area contributed by atoms with Gasteiger partial charge in [-0.3, -0.25) is 9.78 Å². The molecule has 2 rings (SSSR count). The molecule has 0 aromatic carbocycles. The second-order valence-corrected chi connectivity index (χ2v) is 5.20. The van der Waals surface area contributed by atoms with Crippen molar-refractivity contribution >= 4 is 5.91 Å². The average Bonchev–Trinajstić information content (AvgIpc) is 2.39. The van der Waals surface area contributed by atoms with Crippen molar-refractivity contribution in [2.45, 2.75) is 18.8 Å². The molecule has 4 nitrogen and oxygen atoms in total. The second kappa shape index (κ2) is 5.96. The molecule has 0 unspecified atom stereocenters. The highest BCUT2D eigenvalue weighted by Gasteiger charge is 2.24. The maximum absolute atomic E-state index is 12.1. The molecule has 1 saturated heterocycles. The fraction of sp³-hybridized carbons (Fsp3) is 0.571. The first-order valence-corrected chi connectivity index (χ1v) is 6.49. The van der Waals surface area contributed by atoms with Crippen LogP contribution in [0.15, 0.2) is 24.5 Å². The van der Waals surface area contributed by atoms with Gasteiger partial charge in [-0.25, -0.2) is 0 Å². The third kappa shape index (κ3) is 3.29. The molecule has 0 aliphatic carbocycles. The maximum Gasteiger partial charge on any atom is 0.236 e. The van der Waals surface area contributed by atoms with Crippen LogP contribution in [0.25, 0.3) is 0 Å². The summed E-state index contributed by atoms with van der Waals surface area (Å²) in [6.45, 7) is 2.24. The molecule has 2 heterocycles. The van der Waals surface area contributed by atoms with Crippen LogP contribution >= 0.6 is 0 Å². The van der Waals surface area contributed by atoms with Crippen LogP contribution in [-0.4, -0.2) is 54.4 Å². The van der Waals surface area contributed by atoms with Gasteiger partial charge in [0.05, 0.1) is 6.54 Å². The van der Waals surface area contributed by atoms with Crippen LogP contribution in [0.1, 0.15) is 24.3 Å². The van der Waals surface area contributed by atoms with Crippen molar-refractivity contribution < 1.29 is 4.79 Å². The number of piperidine rings is 1. The fourth-order valence-corrected chi connectivity index (χ4v) is 2.48. The van der Waals surface area contributed by atoms with Gasteiger partial charge >= 0.3 is 0 Å². The van der Waals surface area contributed by atoms with Gasteiger partial charge in [0, 0.05) is 31.4 Å². The van der Waals surface area contributed by atoms with E-state index in [1.807, 2.05) is 36.3 Å². The highest BCUT2D eigenvalue weighted by Crippen LogP contribution is 2.26. The molecule has 1 amide bonds. The van der Waals surface area contributed by atoms with Gasteiger partial charge in [-0.05, 0) is 44.6 Å². The van der Waals surface area contributed by atoms with E-state index in [0.717, 1.165) is 25.9 Å². The van der Waals surface area contributed by atoms with Gasteiger partial charge in [-0.15, -0.1) is 0 Å². The topological polar surface area (TPSA) is 36.4 Å². The molecule has 18 heavy (non-hydrogen) atoms. The third-order valence-corrected chi connectivity index (χ3v) is 3.40. The summed E-state index contributed by atoms with van der Waals surface area (Å²) < 4.78 is 0. The molecule has 1 fully saturated rings. The Balaban J connectivity index is 1.98. The number of carbonyl (C=O) groups excluding carboxylic acids is 1. The monoisotopic (exact) mass is 247 g/mol. The molecule has 0 bridgehead atoms. The molecule has 1 aromatic heterocycles. The number of rotatable bonds is 3. The lowest BCUT2D eigenvalue weighted by Crippen LogP contribution is -2.43. The van der Waals surface area contributed by atoms with Crippen molar-refractivity contribution in [3.63, 3.8) is 0 Å². The zero-order valence-electron chi connectivity index (χ0n) is 11.2. The Bertz CT molecular complexity index is 391. The van der Waals surface area contributed by atoms with Crippen molar-refractivity contribution in [3.8, 4) is 0 Å². The Morgan fingerprint density at radius 3 is 2.83 bits per heavy atom. The van der Waals surface area contributed by atoms with E-state index in [2.05, 4.69) is 17.1 Å². The molecule has 0 saturated carbocycles. The van der Waals surface area contributed by atoms with Crippen LogP contribution in [0.3, 0.4) is 0 Å².